The normalized spacial score (nSPS) is 12.5. The number of carbonyl (C=O) groups is 1. The second-order valence-electron chi connectivity index (χ2n) is 6.67. The Hall–Kier alpha value is -2.63. The van der Waals surface area contributed by atoms with Gasteiger partial charge in [-0.1, -0.05) is 18.1 Å². The predicted octanol–water partition coefficient (Wildman–Crippen LogP) is 4.26. The number of aromatic nitrogens is 3. The zero-order chi connectivity index (χ0) is 19.0. The minimum Gasteiger partial charge on any atom is -0.361 e. The van der Waals surface area contributed by atoms with Crippen molar-refractivity contribution in [3.8, 4) is 11.1 Å². The minimum atomic E-state index is -0.0395. The lowest BCUT2D eigenvalue weighted by Gasteiger charge is -2.26. The van der Waals surface area contributed by atoms with Crippen LogP contribution in [-0.2, 0) is 11.3 Å². The Labute approximate surface area is 153 Å². The number of imidazole rings is 1. The van der Waals surface area contributed by atoms with Gasteiger partial charge in [0.15, 0.2) is 0 Å². The van der Waals surface area contributed by atoms with Gasteiger partial charge in [-0.25, -0.2) is 4.98 Å². The van der Waals surface area contributed by atoms with Gasteiger partial charge in [-0.2, -0.15) is 0 Å². The molecule has 1 aromatic carbocycles. The van der Waals surface area contributed by atoms with Crippen molar-refractivity contribution in [3.05, 3.63) is 35.5 Å². The molecular formula is C20H26N4O2. The van der Waals surface area contributed by atoms with Crippen molar-refractivity contribution in [2.24, 2.45) is 0 Å². The maximum absolute atomic E-state index is 11.9. The van der Waals surface area contributed by atoms with Crippen molar-refractivity contribution >= 4 is 16.9 Å². The molecule has 1 amide bonds. The summed E-state index contributed by atoms with van der Waals surface area (Å²) in [6, 6.07) is 6.22. The fraction of sp³-hybridized carbons (Fsp3) is 0.450. The van der Waals surface area contributed by atoms with Gasteiger partial charge in [0.05, 0.1) is 22.8 Å². The lowest BCUT2D eigenvalue weighted by atomic mass is 10.0. The van der Waals surface area contributed by atoms with Crippen LogP contribution in [0.5, 0.6) is 0 Å². The Balaban J connectivity index is 2.16. The zero-order valence-electron chi connectivity index (χ0n) is 16.3. The molecule has 3 aromatic rings. The van der Waals surface area contributed by atoms with Gasteiger partial charge in [0.2, 0.25) is 5.91 Å². The van der Waals surface area contributed by atoms with E-state index in [1.54, 1.807) is 11.8 Å². The molecule has 138 valence electrons. The maximum Gasteiger partial charge on any atom is 0.219 e. The molecular weight excluding hydrogens is 328 g/mol. The Kier molecular flexibility index (Phi) is 4.85. The van der Waals surface area contributed by atoms with Crippen LogP contribution in [0.3, 0.4) is 0 Å². The second kappa shape index (κ2) is 6.94. The van der Waals surface area contributed by atoms with E-state index in [1.165, 1.54) is 0 Å². The van der Waals surface area contributed by atoms with Crippen LogP contribution in [0, 0.1) is 13.8 Å². The van der Waals surface area contributed by atoms with Gasteiger partial charge in [-0.15, -0.1) is 0 Å². The average molecular weight is 354 g/mol. The van der Waals surface area contributed by atoms with Gasteiger partial charge in [0.25, 0.3) is 0 Å². The van der Waals surface area contributed by atoms with E-state index in [2.05, 4.69) is 41.8 Å². The van der Waals surface area contributed by atoms with Crippen molar-refractivity contribution in [2.45, 2.75) is 53.6 Å². The first kappa shape index (κ1) is 18.2. The highest BCUT2D eigenvalue weighted by Crippen LogP contribution is 2.32. The summed E-state index contributed by atoms with van der Waals surface area (Å²) in [4.78, 5) is 18.6. The van der Waals surface area contributed by atoms with Gasteiger partial charge in [-0.3, -0.25) is 4.79 Å². The standard InChI is InChI=1S/C20H26N4O2/c1-7-17(23(6)14(5)25)20-21-16-11-15(9-10-18(16)24(20)8-2)19-12(3)22-26-13(19)4/h9-11,17H,7-8H2,1-6H3. The molecule has 0 aliphatic carbocycles. The molecule has 26 heavy (non-hydrogen) atoms. The molecule has 0 spiro atoms. The summed E-state index contributed by atoms with van der Waals surface area (Å²) in [5.41, 5.74) is 4.95. The van der Waals surface area contributed by atoms with Gasteiger partial charge in [0, 0.05) is 26.1 Å². The summed E-state index contributed by atoms with van der Waals surface area (Å²) in [6.45, 7) is 10.5. The Bertz CT molecular complexity index is 935. The first-order valence-corrected chi connectivity index (χ1v) is 9.05. The molecule has 0 N–H and O–H groups in total. The van der Waals surface area contributed by atoms with Crippen LogP contribution in [0.2, 0.25) is 0 Å². The van der Waals surface area contributed by atoms with E-state index in [9.17, 15) is 4.79 Å². The van der Waals surface area contributed by atoms with Crippen LogP contribution in [0.1, 0.15) is 50.5 Å². The Morgan fingerprint density at radius 3 is 2.58 bits per heavy atom. The summed E-state index contributed by atoms with van der Waals surface area (Å²) in [5.74, 6) is 1.78. The molecule has 0 fully saturated rings. The molecule has 0 saturated carbocycles. The number of hydrogen-bond donors (Lipinski definition) is 0. The number of rotatable bonds is 5. The fourth-order valence-corrected chi connectivity index (χ4v) is 3.63. The predicted molar refractivity (Wildman–Crippen MR) is 102 cm³/mol. The van der Waals surface area contributed by atoms with Gasteiger partial charge in [-0.05, 0) is 44.9 Å². The second-order valence-corrected chi connectivity index (χ2v) is 6.67. The average Bonchev–Trinajstić information content (AvgIpc) is 3.14. The van der Waals surface area contributed by atoms with E-state index in [4.69, 9.17) is 9.51 Å². The monoisotopic (exact) mass is 354 g/mol. The number of benzene rings is 1. The molecule has 0 radical (unpaired) electrons. The first-order chi connectivity index (χ1) is 12.4. The number of hydrogen-bond acceptors (Lipinski definition) is 4. The minimum absolute atomic E-state index is 0.0395. The third-order valence-electron chi connectivity index (χ3n) is 5.06. The molecule has 0 saturated heterocycles. The molecule has 1 atom stereocenters. The fourth-order valence-electron chi connectivity index (χ4n) is 3.63. The van der Waals surface area contributed by atoms with E-state index in [-0.39, 0.29) is 11.9 Å². The number of aryl methyl sites for hydroxylation is 3. The van der Waals surface area contributed by atoms with Crippen molar-refractivity contribution < 1.29 is 9.32 Å². The zero-order valence-corrected chi connectivity index (χ0v) is 16.3. The summed E-state index contributed by atoms with van der Waals surface area (Å²) >= 11 is 0. The van der Waals surface area contributed by atoms with Gasteiger partial charge >= 0.3 is 0 Å². The van der Waals surface area contributed by atoms with Crippen LogP contribution in [-0.4, -0.2) is 32.6 Å². The molecule has 3 rings (SSSR count). The molecule has 1 unspecified atom stereocenters. The van der Waals surface area contributed by atoms with Crippen molar-refractivity contribution in [2.75, 3.05) is 7.05 Å². The number of nitrogens with zero attached hydrogens (tertiary/aromatic N) is 4. The van der Waals surface area contributed by atoms with Crippen molar-refractivity contribution in [3.63, 3.8) is 0 Å². The Morgan fingerprint density at radius 2 is 2.04 bits per heavy atom. The van der Waals surface area contributed by atoms with Crippen LogP contribution < -0.4 is 0 Å². The highest BCUT2D eigenvalue weighted by molar-refractivity contribution is 5.84. The summed E-state index contributed by atoms with van der Waals surface area (Å²) in [7, 11) is 1.84. The number of amides is 1. The molecule has 2 heterocycles. The van der Waals surface area contributed by atoms with Crippen LogP contribution in [0.15, 0.2) is 22.7 Å². The molecule has 0 aliphatic rings. The van der Waals surface area contributed by atoms with E-state index in [0.29, 0.717) is 0 Å². The third-order valence-corrected chi connectivity index (χ3v) is 5.06. The maximum atomic E-state index is 11.9. The highest BCUT2D eigenvalue weighted by Gasteiger charge is 2.24. The number of carbonyl (C=O) groups excluding carboxylic acids is 1. The van der Waals surface area contributed by atoms with Gasteiger partial charge < -0.3 is 14.0 Å². The van der Waals surface area contributed by atoms with E-state index in [1.807, 2.05) is 20.9 Å². The summed E-state index contributed by atoms with van der Waals surface area (Å²) in [6.07, 6.45) is 0.816. The van der Waals surface area contributed by atoms with Crippen LogP contribution in [0.4, 0.5) is 0 Å². The SMILES string of the molecule is CCC(c1nc2cc(-c3c(C)noc3C)ccc2n1CC)N(C)C(C)=O. The topological polar surface area (TPSA) is 64.2 Å². The largest absolute Gasteiger partial charge is 0.361 e. The third kappa shape index (κ3) is 2.89. The Morgan fingerprint density at radius 1 is 1.31 bits per heavy atom. The molecule has 6 heteroatoms. The van der Waals surface area contributed by atoms with E-state index < -0.39 is 0 Å². The molecule has 0 aliphatic heterocycles. The van der Waals surface area contributed by atoms with E-state index in [0.717, 1.165) is 52.4 Å². The summed E-state index contributed by atoms with van der Waals surface area (Å²) < 4.78 is 7.50. The highest BCUT2D eigenvalue weighted by atomic mass is 16.5. The number of fused-ring (bicyclic) bond motifs is 1. The molecule has 0 bridgehead atoms. The lowest BCUT2D eigenvalue weighted by molar-refractivity contribution is -0.130. The summed E-state index contributed by atoms with van der Waals surface area (Å²) in [5, 5.41) is 4.05. The smallest absolute Gasteiger partial charge is 0.219 e. The van der Waals surface area contributed by atoms with Crippen molar-refractivity contribution in [1.82, 2.24) is 19.6 Å². The van der Waals surface area contributed by atoms with Gasteiger partial charge in [0.1, 0.15) is 11.6 Å². The van der Waals surface area contributed by atoms with Crippen LogP contribution >= 0.6 is 0 Å². The lowest BCUT2D eigenvalue weighted by Crippen LogP contribution is -2.30. The van der Waals surface area contributed by atoms with Crippen molar-refractivity contribution in [1.29, 1.82) is 0 Å². The molecule has 6 nitrogen and oxygen atoms in total. The van der Waals surface area contributed by atoms with E-state index >= 15 is 0 Å². The molecule has 2 aromatic heterocycles. The quantitative estimate of drug-likeness (QED) is 0.687. The first-order valence-electron chi connectivity index (χ1n) is 9.05. The van der Waals surface area contributed by atoms with Crippen LogP contribution in [0.25, 0.3) is 22.2 Å².